The van der Waals surface area contributed by atoms with E-state index in [0.29, 0.717) is 12.1 Å². The molecule has 0 aliphatic heterocycles. The Hall–Kier alpha value is -2.31. The Kier molecular flexibility index (Phi) is 2.58. The number of halogens is 3. The number of rotatable bonds is 2. The molecule has 4 nitrogen and oxygen atoms in total. The van der Waals surface area contributed by atoms with Crippen molar-refractivity contribution in [2.24, 2.45) is 0 Å². The van der Waals surface area contributed by atoms with Crippen LogP contribution in [0.3, 0.4) is 0 Å². The van der Waals surface area contributed by atoms with Gasteiger partial charge in [0.15, 0.2) is 23.1 Å². The lowest BCUT2D eigenvalue weighted by molar-refractivity contribution is 0.0686. The van der Waals surface area contributed by atoms with Crippen molar-refractivity contribution in [1.29, 1.82) is 0 Å². The van der Waals surface area contributed by atoms with Gasteiger partial charge in [-0.2, -0.15) is 0 Å². The van der Waals surface area contributed by atoms with Gasteiger partial charge in [0.1, 0.15) is 5.82 Å². The molecule has 0 saturated heterocycles. The molecule has 7 heteroatoms. The Morgan fingerprint density at radius 1 is 1.12 bits per heavy atom. The molecule has 1 heterocycles. The van der Waals surface area contributed by atoms with Crippen LogP contribution < -0.4 is 0 Å². The lowest BCUT2D eigenvalue weighted by Gasteiger charge is -1.99. The van der Waals surface area contributed by atoms with Gasteiger partial charge < -0.3 is 9.63 Å². The summed E-state index contributed by atoms with van der Waals surface area (Å²) < 4.78 is 43.4. The van der Waals surface area contributed by atoms with Gasteiger partial charge >= 0.3 is 5.97 Å². The fraction of sp³-hybridized carbons (Fsp3) is 0. The molecule has 2 rings (SSSR count). The summed E-state index contributed by atoms with van der Waals surface area (Å²) >= 11 is 0. The highest BCUT2D eigenvalue weighted by molar-refractivity contribution is 5.86. The lowest BCUT2D eigenvalue weighted by atomic mass is 10.1. The van der Waals surface area contributed by atoms with Gasteiger partial charge in [-0.3, -0.25) is 0 Å². The van der Waals surface area contributed by atoms with Gasteiger partial charge in [-0.05, 0) is 6.07 Å². The second kappa shape index (κ2) is 3.93. The van der Waals surface area contributed by atoms with Crippen molar-refractivity contribution in [2.75, 3.05) is 0 Å². The second-order valence-electron chi connectivity index (χ2n) is 3.13. The van der Waals surface area contributed by atoms with E-state index in [1.54, 1.807) is 0 Å². The highest BCUT2D eigenvalue weighted by atomic mass is 19.2. The van der Waals surface area contributed by atoms with E-state index in [-0.39, 0.29) is 5.76 Å². The zero-order chi connectivity index (χ0) is 12.6. The smallest absolute Gasteiger partial charge is 0.358 e. The van der Waals surface area contributed by atoms with Crippen molar-refractivity contribution in [3.05, 3.63) is 41.3 Å². The number of benzene rings is 1. The molecule has 17 heavy (non-hydrogen) atoms. The third-order valence-electron chi connectivity index (χ3n) is 2.00. The third-order valence-corrected chi connectivity index (χ3v) is 2.00. The van der Waals surface area contributed by atoms with Crippen LogP contribution in [0.2, 0.25) is 0 Å². The number of hydrogen-bond donors (Lipinski definition) is 1. The van der Waals surface area contributed by atoms with Crippen LogP contribution in [-0.2, 0) is 0 Å². The van der Waals surface area contributed by atoms with Gasteiger partial charge in [0.05, 0.1) is 5.56 Å². The van der Waals surface area contributed by atoms with E-state index in [1.807, 2.05) is 0 Å². The van der Waals surface area contributed by atoms with E-state index in [9.17, 15) is 18.0 Å². The van der Waals surface area contributed by atoms with E-state index in [2.05, 4.69) is 9.68 Å². The summed E-state index contributed by atoms with van der Waals surface area (Å²) in [6.45, 7) is 0. The van der Waals surface area contributed by atoms with E-state index in [0.717, 1.165) is 6.07 Å². The molecule has 0 radical (unpaired) electrons. The predicted molar refractivity (Wildman–Crippen MR) is 48.8 cm³/mol. The fourth-order valence-electron chi connectivity index (χ4n) is 1.21. The van der Waals surface area contributed by atoms with Gasteiger partial charge in [-0.15, -0.1) is 0 Å². The number of carboxylic acids is 1. The maximum Gasteiger partial charge on any atom is 0.358 e. The number of aromatic nitrogens is 1. The van der Waals surface area contributed by atoms with Gasteiger partial charge in [-0.1, -0.05) is 5.16 Å². The first-order valence-corrected chi connectivity index (χ1v) is 4.34. The molecule has 0 aliphatic carbocycles. The molecular weight excluding hydrogens is 239 g/mol. The minimum atomic E-state index is -1.37. The van der Waals surface area contributed by atoms with E-state index in [1.165, 1.54) is 0 Å². The molecule has 0 fully saturated rings. The first-order valence-electron chi connectivity index (χ1n) is 4.34. The molecule has 1 N–H and O–H groups in total. The van der Waals surface area contributed by atoms with Gasteiger partial charge in [0, 0.05) is 12.1 Å². The predicted octanol–water partition coefficient (Wildman–Crippen LogP) is 2.46. The third kappa shape index (κ3) is 1.99. The van der Waals surface area contributed by atoms with Crippen molar-refractivity contribution in [2.45, 2.75) is 0 Å². The molecule has 0 aliphatic rings. The molecule has 1 aromatic carbocycles. The Morgan fingerprint density at radius 2 is 1.76 bits per heavy atom. The lowest BCUT2D eigenvalue weighted by Crippen LogP contribution is -1.94. The number of nitrogens with zero attached hydrogens (tertiary/aromatic N) is 1. The maximum absolute atomic E-state index is 13.3. The zero-order valence-corrected chi connectivity index (χ0v) is 8.08. The van der Waals surface area contributed by atoms with Crippen LogP contribution in [0.25, 0.3) is 11.3 Å². The minimum absolute atomic E-state index is 0.293. The Morgan fingerprint density at radius 3 is 2.35 bits per heavy atom. The van der Waals surface area contributed by atoms with Crippen molar-refractivity contribution in [3.63, 3.8) is 0 Å². The molecule has 2 aromatic rings. The van der Waals surface area contributed by atoms with Crippen LogP contribution in [0.4, 0.5) is 13.2 Å². The normalized spacial score (nSPS) is 10.5. The summed E-state index contributed by atoms with van der Waals surface area (Å²) in [6.07, 6.45) is 0. The van der Waals surface area contributed by atoms with Crippen molar-refractivity contribution in [3.8, 4) is 11.3 Å². The van der Waals surface area contributed by atoms with Crippen LogP contribution in [0.15, 0.2) is 22.7 Å². The topological polar surface area (TPSA) is 63.3 Å². The van der Waals surface area contributed by atoms with Crippen LogP contribution in [-0.4, -0.2) is 16.2 Å². The molecule has 0 atom stereocenters. The molecule has 0 bridgehead atoms. The average Bonchev–Trinajstić information content (AvgIpc) is 2.72. The standard InChI is InChI=1S/C10H4F3NO3/c11-5-2-7(13)6(12)1-4(5)9-3-8(10(15)16)14-17-9/h1-3H,(H,15,16). The van der Waals surface area contributed by atoms with Gasteiger partial charge in [-0.25, -0.2) is 18.0 Å². The van der Waals surface area contributed by atoms with Gasteiger partial charge in [0.25, 0.3) is 0 Å². The van der Waals surface area contributed by atoms with E-state index < -0.39 is 34.7 Å². The monoisotopic (exact) mass is 243 g/mol. The highest BCUT2D eigenvalue weighted by Gasteiger charge is 2.17. The molecule has 0 amide bonds. The van der Waals surface area contributed by atoms with Crippen molar-refractivity contribution >= 4 is 5.97 Å². The molecule has 0 unspecified atom stereocenters. The first kappa shape index (κ1) is 11.2. The quantitative estimate of drug-likeness (QED) is 0.823. The Balaban J connectivity index is 2.52. The summed E-state index contributed by atoms with van der Waals surface area (Å²) in [7, 11) is 0. The minimum Gasteiger partial charge on any atom is -0.476 e. The summed E-state index contributed by atoms with van der Waals surface area (Å²) in [5.41, 5.74) is -0.854. The van der Waals surface area contributed by atoms with Crippen LogP contribution in [0, 0.1) is 17.5 Å². The molecule has 0 spiro atoms. The summed E-state index contributed by atoms with van der Waals surface area (Å²) in [4.78, 5) is 10.5. The fourth-order valence-corrected chi connectivity index (χ4v) is 1.21. The van der Waals surface area contributed by atoms with Crippen LogP contribution in [0.5, 0.6) is 0 Å². The zero-order valence-electron chi connectivity index (χ0n) is 8.08. The number of carboxylic acid groups (broad SMARTS) is 1. The van der Waals surface area contributed by atoms with Crippen LogP contribution >= 0.6 is 0 Å². The largest absolute Gasteiger partial charge is 0.476 e. The second-order valence-corrected chi connectivity index (χ2v) is 3.13. The number of aromatic carboxylic acids is 1. The number of hydrogen-bond acceptors (Lipinski definition) is 3. The summed E-state index contributed by atoms with van der Waals surface area (Å²) in [6, 6.07) is 1.82. The molecule has 0 saturated carbocycles. The van der Waals surface area contributed by atoms with Crippen LogP contribution in [0.1, 0.15) is 10.5 Å². The molecule has 88 valence electrons. The van der Waals surface area contributed by atoms with Crippen molar-refractivity contribution in [1.82, 2.24) is 5.16 Å². The van der Waals surface area contributed by atoms with Gasteiger partial charge in [0.2, 0.25) is 0 Å². The average molecular weight is 243 g/mol. The highest BCUT2D eigenvalue weighted by Crippen LogP contribution is 2.25. The SMILES string of the molecule is O=C(O)c1cc(-c2cc(F)c(F)cc2F)on1. The molecule has 1 aromatic heterocycles. The first-order chi connectivity index (χ1) is 7.99. The summed E-state index contributed by atoms with van der Waals surface area (Å²) in [5.74, 6) is -5.35. The Bertz CT molecular complexity index is 594. The maximum atomic E-state index is 13.3. The molecular formula is C10H4F3NO3. The Labute approximate surface area is 92.3 Å². The summed E-state index contributed by atoms with van der Waals surface area (Å²) in [5, 5.41) is 11.7. The van der Waals surface area contributed by atoms with Crippen molar-refractivity contribution < 1.29 is 27.6 Å². The van der Waals surface area contributed by atoms with E-state index in [4.69, 9.17) is 5.11 Å². The number of carbonyl (C=O) groups is 1. The van der Waals surface area contributed by atoms with E-state index >= 15 is 0 Å².